The third kappa shape index (κ3) is 2.64. The van der Waals surface area contributed by atoms with E-state index in [4.69, 9.17) is 0 Å². The van der Waals surface area contributed by atoms with Crippen LogP contribution >= 0.6 is 0 Å². The number of nitro benzene ring substituents is 1. The summed E-state index contributed by atoms with van der Waals surface area (Å²) in [4.78, 5) is 12.0. The first-order chi connectivity index (χ1) is 8.80. The first kappa shape index (κ1) is 13.6. The van der Waals surface area contributed by atoms with Gasteiger partial charge >= 0.3 is 6.18 Å². The molecule has 0 radical (unpaired) electrons. The highest BCUT2D eigenvalue weighted by Gasteiger charge is 2.36. The van der Waals surface area contributed by atoms with Crippen LogP contribution in [0, 0.1) is 17.0 Å². The molecule has 1 heterocycles. The number of hydrogen-bond acceptors (Lipinski definition) is 3. The van der Waals surface area contributed by atoms with Crippen LogP contribution < -0.4 is 4.90 Å². The molecule has 19 heavy (non-hydrogen) atoms. The van der Waals surface area contributed by atoms with Crippen molar-refractivity contribution in [2.75, 3.05) is 18.0 Å². The molecule has 0 atom stereocenters. The van der Waals surface area contributed by atoms with Crippen LogP contribution in [0.5, 0.6) is 0 Å². The summed E-state index contributed by atoms with van der Waals surface area (Å²) in [5.74, 6) is 0. The number of nitrogens with zero attached hydrogens (tertiary/aromatic N) is 2. The summed E-state index contributed by atoms with van der Waals surface area (Å²) in [7, 11) is 0. The van der Waals surface area contributed by atoms with Gasteiger partial charge in [-0.1, -0.05) is 0 Å². The van der Waals surface area contributed by atoms with Gasteiger partial charge in [0, 0.05) is 19.2 Å². The fraction of sp³-hybridized carbons (Fsp3) is 0.500. The molecule has 0 N–H and O–H groups in total. The van der Waals surface area contributed by atoms with Crippen LogP contribution in [0.2, 0.25) is 0 Å². The second kappa shape index (κ2) is 4.71. The summed E-state index contributed by atoms with van der Waals surface area (Å²) in [5.41, 5.74) is -1.12. The van der Waals surface area contributed by atoms with Crippen LogP contribution in [0.4, 0.5) is 24.5 Å². The molecule has 1 aliphatic rings. The molecule has 0 aromatic heterocycles. The molecule has 1 aliphatic heterocycles. The molecule has 0 unspecified atom stereocenters. The van der Waals surface area contributed by atoms with Gasteiger partial charge in [-0.2, -0.15) is 13.2 Å². The Labute approximate surface area is 108 Å². The summed E-state index contributed by atoms with van der Waals surface area (Å²) < 4.78 is 38.3. The van der Waals surface area contributed by atoms with Crippen LogP contribution in [0.15, 0.2) is 12.1 Å². The zero-order valence-electron chi connectivity index (χ0n) is 10.3. The molecule has 2 rings (SSSR count). The lowest BCUT2D eigenvalue weighted by atomic mass is 10.1. The summed E-state index contributed by atoms with van der Waals surface area (Å²) in [6.45, 7) is 2.61. The van der Waals surface area contributed by atoms with E-state index in [2.05, 4.69) is 0 Å². The fourth-order valence-electron chi connectivity index (χ4n) is 2.34. The molecule has 104 valence electrons. The second-order valence-electron chi connectivity index (χ2n) is 4.60. The maximum atomic E-state index is 12.8. The van der Waals surface area contributed by atoms with E-state index in [0.717, 1.165) is 12.8 Å². The molecule has 0 bridgehead atoms. The Morgan fingerprint density at radius 3 is 2.32 bits per heavy atom. The second-order valence-corrected chi connectivity index (χ2v) is 4.60. The summed E-state index contributed by atoms with van der Waals surface area (Å²) in [5, 5.41) is 11.0. The lowest BCUT2D eigenvalue weighted by Crippen LogP contribution is -2.20. The number of halogens is 3. The number of nitro groups is 1. The van der Waals surface area contributed by atoms with E-state index < -0.39 is 22.4 Å². The fourth-order valence-corrected chi connectivity index (χ4v) is 2.34. The monoisotopic (exact) mass is 274 g/mol. The van der Waals surface area contributed by atoms with E-state index in [1.165, 1.54) is 13.0 Å². The Hall–Kier alpha value is -1.79. The minimum atomic E-state index is -4.57. The van der Waals surface area contributed by atoms with Gasteiger partial charge < -0.3 is 4.90 Å². The van der Waals surface area contributed by atoms with Crippen molar-refractivity contribution in [3.05, 3.63) is 33.4 Å². The Morgan fingerprint density at radius 1 is 1.26 bits per heavy atom. The van der Waals surface area contributed by atoms with E-state index in [9.17, 15) is 23.3 Å². The maximum absolute atomic E-state index is 12.8. The van der Waals surface area contributed by atoms with Crippen molar-refractivity contribution >= 4 is 11.4 Å². The topological polar surface area (TPSA) is 46.4 Å². The number of aryl methyl sites for hydroxylation is 1. The lowest BCUT2D eigenvalue weighted by Gasteiger charge is -2.20. The maximum Gasteiger partial charge on any atom is 0.416 e. The van der Waals surface area contributed by atoms with Crippen molar-refractivity contribution in [3.8, 4) is 0 Å². The standard InChI is InChI=1S/C12H13F3N2O2/c1-8-6-10(16-4-2-3-5-16)11(17(18)19)7-9(8)12(13,14)15/h6-7H,2-5H2,1H3. The van der Waals surface area contributed by atoms with E-state index >= 15 is 0 Å². The Bertz CT molecular complexity index is 508. The van der Waals surface area contributed by atoms with Crippen molar-refractivity contribution in [1.82, 2.24) is 0 Å². The van der Waals surface area contributed by atoms with Gasteiger partial charge in [-0.15, -0.1) is 0 Å². The first-order valence-electron chi connectivity index (χ1n) is 5.92. The van der Waals surface area contributed by atoms with Gasteiger partial charge in [-0.3, -0.25) is 10.1 Å². The molecule has 4 nitrogen and oxygen atoms in total. The highest BCUT2D eigenvalue weighted by Crippen LogP contribution is 2.39. The van der Waals surface area contributed by atoms with E-state index in [-0.39, 0.29) is 11.3 Å². The minimum absolute atomic E-state index is 0.0139. The van der Waals surface area contributed by atoms with Crippen molar-refractivity contribution in [3.63, 3.8) is 0 Å². The Morgan fingerprint density at radius 2 is 1.84 bits per heavy atom. The van der Waals surface area contributed by atoms with Gasteiger partial charge in [-0.25, -0.2) is 0 Å². The first-order valence-corrected chi connectivity index (χ1v) is 5.92. The molecule has 1 saturated heterocycles. The molecule has 0 spiro atoms. The molecular formula is C12H13F3N2O2. The minimum Gasteiger partial charge on any atom is -0.366 e. The molecule has 1 aromatic rings. The number of anilines is 1. The summed E-state index contributed by atoms with van der Waals surface area (Å²) >= 11 is 0. The zero-order valence-corrected chi connectivity index (χ0v) is 10.3. The van der Waals surface area contributed by atoms with E-state index in [1.807, 2.05) is 0 Å². The molecule has 7 heteroatoms. The molecule has 1 fully saturated rings. The lowest BCUT2D eigenvalue weighted by molar-refractivity contribution is -0.384. The summed E-state index contributed by atoms with van der Waals surface area (Å²) in [6.07, 6.45) is -2.77. The van der Waals surface area contributed by atoms with Crippen molar-refractivity contribution in [2.45, 2.75) is 25.9 Å². The molecule has 1 aromatic carbocycles. The predicted molar refractivity (Wildman–Crippen MR) is 64.3 cm³/mol. The van der Waals surface area contributed by atoms with Crippen LogP contribution in [0.3, 0.4) is 0 Å². The number of alkyl halides is 3. The smallest absolute Gasteiger partial charge is 0.366 e. The number of hydrogen-bond donors (Lipinski definition) is 0. The zero-order chi connectivity index (χ0) is 14.2. The van der Waals surface area contributed by atoms with Crippen LogP contribution in [0.25, 0.3) is 0 Å². The Kier molecular flexibility index (Phi) is 3.38. The number of benzene rings is 1. The molecule has 0 amide bonds. The quantitative estimate of drug-likeness (QED) is 0.612. The Balaban J connectivity index is 2.55. The van der Waals surface area contributed by atoms with Crippen molar-refractivity contribution in [1.29, 1.82) is 0 Å². The van der Waals surface area contributed by atoms with Crippen LogP contribution in [-0.2, 0) is 6.18 Å². The van der Waals surface area contributed by atoms with Crippen molar-refractivity contribution in [2.24, 2.45) is 0 Å². The average Bonchev–Trinajstić information content (AvgIpc) is 2.79. The number of rotatable bonds is 2. The van der Waals surface area contributed by atoms with Crippen molar-refractivity contribution < 1.29 is 18.1 Å². The van der Waals surface area contributed by atoms with Gasteiger partial charge in [0.05, 0.1) is 10.5 Å². The SMILES string of the molecule is Cc1cc(N2CCCC2)c([N+](=O)[O-])cc1C(F)(F)F. The highest BCUT2D eigenvalue weighted by atomic mass is 19.4. The largest absolute Gasteiger partial charge is 0.416 e. The average molecular weight is 274 g/mol. The van der Waals surface area contributed by atoms with Gasteiger partial charge in [0.2, 0.25) is 0 Å². The van der Waals surface area contributed by atoms with Gasteiger partial charge in [-0.05, 0) is 31.4 Å². The summed E-state index contributed by atoms with van der Waals surface area (Å²) in [6, 6.07) is 1.91. The van der Waals surface area contributed by atoms with Gasteiger partial charge in [0.1, 0.15) is 5.69 Å². The third-order valence-corrected chi connectivity index (χ3v) is 3.27. The predicted octanol–water partition coefficient (Wildman–Crippen LogP) is 3.52. The van der Waals surface area contributed by atoms with E-state index in [1.54, 1.807) is 4.90 Å². The normalized spacial score (nSPS) is 15.9. The molecule has 0 saturated carbocycles. The highest BCUT2D eigenvalue weighted by molar-refractivity contribution is 5.67. The molecule has 0 aliphatic carbocycles. The van der Waals surface area contributed by atoms with Gasteiger partial charge in [0.15, 0.2) is 0 Å². The van der Waals surface area contributed by atoms with E-state index in [0.29, 0.717) is 19.2 Å². The van der Waals surface area contributed by atoms with Crippen LogP contribution in [0.1, 0.15) is 24.0 Å². The molecular weight excluding hydrogens is 261 g/mol. The van der Waals surface area contributed by atoms with Crippen LogP contribution in [-0.4, -0.2) is 18.0 Å². The third-order valence-electron chi connectivity index (χ3n) is 3.27. The van der Waals surface area contributed by atoms with Gasteiger partial charge in [0.25, 0.3) is 5.69 Å².